The van der Waals surface area contributed by atoms with Crippen LogP contribution in [0, 0.1) is 0 Å². The third-order valence-corrected chi connectivity index (χ3v) is 1.28. The van der Waals surface area contributed by atoms with E-state index in [1.54, 1.807) is 0 Å². The molecule has 0 atom stereocenters. The number of carboxylic acids is 2. The van der Waals surface area contributed by atoms with Crippen LogP contribution < -0.4 is 10.2 Å². The van der Waals surface area contributed by atoms with E-state index in [1.165, 1.54) is 0 Å². The maximum atomic E-state index is 9.83. The number of nitrogens with zero attached hydrogens (tertiary/aromatic N) is 2. The van der Waals surface area contributed by atoms with E-state index in [4.69, 9.17) is 0 Å². The van der Waals surface area contributed by atoms with Gasteiger partial charge in [-0.1, -0.05) is 0 Å². The van der Waals surface area contributed by atoms with E-state index in [0.717, 1.165) is 25.3 Å². The van der Waals surface area contributed by atoms with E-state index in [9.17, 15) is 19.8 Å². The largest absolute Gasteiger partial charge is 2.00 e. The fourth-order valence-corrected chi connectivity index (χ4v) is 0.627. The molecule has 0 aliphatic carbocycles. The Morgan fingerprint density at radius 1 is 0.895 bits per heavy atom. The van der Waals surface area contributed by atoms with Crippen LogP contribution in [0.3, 0.4) is 0 Å². The average Bonchev–Trinajstić information content (AvgIpc) is 2.93. The number of hydrogen-bond acceptors (Lipinski definition) is 8. The van der Waals surface area contributed by atoms with Crippen LogP contribution >= 0.6 is 0 Å². The molecule has 0 saturated carbocycles. The predicted octanol–water partition coefficient (Wildman–Crippen LogP) is -3.77. The SMILES string of the molecule is O=C([O-])c1cocn1.O=C([O-])c1cocn1.[Co+2].[OH3+].[OH3+]. The van der Waals surface area contributed by atoms with Crippen LogP contribution in [0.4, 0.5) is 0 Å². The molecule has 0 aliphatic rings. The molecule has 0 spiro atoms. The Kier molecular flexibility index (Phi) is 12.6. The van der Waals surface area contributed by atoms with Gasteiger partial charge < -0.3 is 39.6 Å². The molecule has 10 nitrogen and oxygen atoms in total. The maximum Gasteiger partial charge on any atom is 2.00 e. The minimum Gasteiger partial charge on any atom is -0.543 e. The van der Waals surface area contributed by atoms with Crippen LogP contribution in [0.25, 0.3) is 0 Å². The molecule has 0 unspecified atom stereocenters. The molecule has 1 radical (unpaired) electrons. The fraction of sp³-hybridized carbons (Fsp3) is 0. The minimum absolute atomic E-state index is 0. The second-order valence-electron chi connectivity index (χ2n) is 2.32. The van der Waals surface area contributed by atoms with Crippen molar-refractivity contribution in [2.75, 3.05) is 0 Å². The van der Waals surface area contributed by atoms with Gasteiger partial charge in [0.15, 0.2) is 12.8 Å². The van der Waals surface area contributed by atoms with Crippen molar-refractivity contribution in [3.05, 3.63) is 36.7 Å². The maximum absolute atomic E-state index is 9.83. The molecule has 0 bridgehead atoms. The summed E-state index contributed by atoms with van der Waals surface area (Å²) >= 11 is 0. The number of aromatic carboxylic acids is 2. The van der Waals surface area contributed by atoms with Gasteiger partial charge in [-0.2, -0.15) is 0 Å². The van der Waals surface area contributed by atoms with Gasteiger partial charge in [-0.3, -0.25) is 0 Å². The van der Waals surface area contributed by atoms with Crippen LogP contribution in [0.1, 0.15) is 21.0 Å². The molecule has 0 fully saturated rings. The van der Waals surface area contributed by atoms with Crippen LogP contribution in [0.5, 0.6) is 0 Å². The van der Waals surface area contributed by atoms with E-state index in [2.05, 4.69) is 18.8 Å². The first-order valence-electron chi connectivity index (χ1n) is 3.80. The molecule has 2 heterocycles. The standard InChI is InChI=1S/2C4H3NO3.Co.2H2O/c2*6-4(7)3-1-8-2-5-3;;;/h2*1-2H,(H,6,7);;2*1H2/q;;+2;;. The minimum atomic E-state index is -1.32. The van der Waals surface area contributed by atoms with Crippen molar-refractivity contribution in [2.24, 2.45) is 0 Å². The Balaban J connectivity index is -0.000000233. The number of aromatic nitrogens is 2. The Bertz CT molecular complexity index is 411. The molecule has 107 valence electrons. The van der Waals surface area contributed by atoms with Crippen molar-refractivity contribution in [1.29, 1.82) is 0 Å². The van der Waals surface area contributed by atoms with Gasteiger partial charge >= 0.3 is 16.8 Å². The zero-order valence-electron chi connectivity index (χ0n) is 9.14. The quantitative estimate of drug-likeness (QED) is 0.501. The van der Waals surface area contributed by atoms with Gasteiger partial charge in [0.05, 0.1) is 11.9 Å². The topological polar surface area (TPSA) is 198 Å². The van der Waals surface area contributed by atoms with Crippen LogP contribution in [0.2, 0.25) is 0 Å². The van der Waals surface area contributed by atoms with Gasteiger partial charge in [-0.15, -0.1) is 0 Å². The second kappa shape index (κ2) is 10.9. The summed E-state index contributed by atoms with van der Waals surface area (Å²) in [5, 5.41) is 19.7. The molecular weight excluding hydrogens is 311 g/mol. The molecule has 2 rings (SSSR count). The number of carboxylic acid groups (broad SMARTS) is 2. The van der Waals surface area contributed by atoms with Gasteiger partial charge in [0.2, 0.25) is 0 Å². The van der Waals surface area contributed by atoms with E-state index >= 15 is 0 Å². The van der Waals surface area contributed by atoms with Crippen molar-refractivity contribution >= 4 is 11.9 Å². The van der Waals surface area contributed by atoms with Gasteiger partial charge in [0.25, 0.3) is 0 Å². The van der Waals surface area contributed by atoms with E-state index < -0.39 is 11.9 Å². The molecule has 19 heavy (non-hydrogen) atoms. The van der Waals surface area contributed by atoms with Gasteiger partial charge in [-0.05, 0) is 0 Å². The summed E-state index contributed by atoms with van der Waals surface area (Å²) in [6, 6.07) is 0. The number of hydrogen-bond donors (Lipinski definition) is 0. The Hall–Kier alpha value is -2.21. The number of rotatable bonds is 2. The molecule has 11 heteroatoms. The van der Waals surface area contributed by atoms with Gasteiger partial charge in [0.1, 0.15) is 23.9 Å². The van der Waals surface area contributed by atoms with Crippen molar-refractivity contribution in [2.45, 2.75) is 0 Å². The monoisotopic (exact) mass is 321 g/mol. The zero-order chi connectivity index (χ0) is 12.0. The molecule has 0 saturated heterocycles. The number of carbonyl (C=O) groups is 2. The third-order valence-electron chi connectivity index (χ3n) is 1.28. The Morgan fingerprint density at radius 3 is 1.32 bits per heavy atom. The first-order valence-corrected chi connectivity index (χ1v) is 3.80. The molecule has 6 N–H and O–H groups in total. The summed E-state index contributed by atoms with van der Waals surface area (Å²) in [5.74, 6) is -2.64. The summed E-state index contributed by atoms with van der Waals surface area (Å²) < 4.78 is 8.69. The Labute approximate surface area is 115 Å². The first kappa shape index (κ1) is 22.0. The van der Waals surface area contributed by atoms with Crippen molar-refractivity contribution in [1.82, 2.24) is 9.97 Å². The molecule has 0 aliphatic heterocycles. The number of oxazole rings is 2. The zero-order valence-corrected chi connectivity index (χ0v) is 10.2. The second-order valence-corrected chi connectivity index (χ2v) is 2.32. The smallest absolute Gasteiger partial charge is 0.543 e. The summed E-state index contributed by atoms with van der Waals surface area (Å²) in [7, 11) is 0. The van der Waals surface area contributed by atoms with Crippen LogP contribution in [-0.4, -0.2) is 21.9 Å². The summed E-state index contributed by atoms with van der Waals surface area (Å²) in [6.07, 6.45) is 4.08. The summed E-state index contributed by atoms with van der Waals surface area (Å²) in [4.78, 5) is 26.2. The van der Waals surface area contributed by atoms with Crippen LogP contribution in [0.15, 0.2) is 34.1 Å². The van der Waals surface area contributed by atoms with E-state index in [1.807, 2.05) is 0 Å². The normalized spacial score (nSPS) is 7.58. The molecular formula is C8H10CoN2O8+2. The van der Waals surface area contributed by atoms with Gasteiger partial charge in [0, 0.05) is 0 Å². The first-order chi connectivity index (χ1) is 7.61. The molecule has 0 aromatic carbocycles. The average molecular weight is 321 g/mol. The third kappa shape index (κ3) is 7.66. The molecule has 2 aromatic heterocycles. The van der Waals surface area contributed by atoms with E-state index in [-0.39, 0.29) is 39.1 Å². The number of carbonyl (C=O) groups excluding carboxylic acids is 2. The van der Waals surface area contributed by atoms with Crippen molar-refractivity contribution < 1.29 is 56.4 Å². The Morgan fingerprint density at radius 2 is 1.21 bits per heavy atom. The van der Waals surface area contributed by atoms with Crippen molar-refractivity contribution in [3.8, 4) is 0 Å². The molecule has 2 aromatic rings. The fourth-order valence-electron chi connectivity index (χ4n) is 0.627. The van der Waals surface area contributed by atoms with E-state index in [0.29, 0.717) is 0 Å². The van der Waals surface area contributed by atoms with Crippen molar-refractivity contribution in [3.63, 3.8) is 0 Å². The molecule has 0 amide bonds. The summed E-state index contributed by atoms with van der Waals surface area (Å²) in [5.41, 5.74) is -0.352. The summed E-state index contributed by atoms with van der Waals surface area (Å²) in [6.45, 7) is 0. The van der Waals surface area contributed by atoms with Gasteiger partial charge in [-0.25, -0.2) is 9.97 Å². The predicted molar refractivity (Wildman–Crippen MR) is 51.4 cm³/mol. The van der Waals surface area contributed by atoms with Crippen LogP contribution in [-0.2, 0) is 27.7 Å².